The van der Waals surface area contributed by atoms with Gasteiger partial charge in [-0.2, -0.15) is 4.52 Å². The van der Waals surface area contributed by atoms with Crippen molar-refractivity contribution in [3.63, 3.8) is 0 Å². The van der Waals surface area contributed by atoms with Gasteiger partial charge in [-0.3, -0.25) is 0 Å². The Bertz CT molecular complexity index is 799. The smallest absolute Gasteiger partial charge is 0.299 e. The van der Waals surface area contributed by atoms with Crippen molar-refractivity contribution in [1.29, 1.82) is 0 Å². The lowest BCUT2D eigenvalue weighted by molar-refractivity contribution is 0.137. The fourth-order valence-electron chi connectivity index (χ4n) is 3.05. The number of rotatable bonds is 4. The number of halogens is 2. The monoisotopic (exact) mass is 319 g/mol. The van der Waals surface area contributed by atoms with Crippen LogP contribution in [0.5, 0.6) is 0 Å². The molecule has 1 aliphatic rings. The normalized spacial score (nSPS) is 18.4. The molecule has 9 heteroatoms. The summed E-state index contributed by atoms with van der Waals surface area (Å²) in [6.45, 7) is 1.65. The van der Waals surface area contributed by atoms with Crippen LogP contribution in [0.2, 0.25) is 0 Å². The van der Waals surface area contributed by atoms with Crippen LogP contribution in [0.3, 0.4) is 0 Å². The minimum absolute atomic E-state index is 0.264. The zero-order valence-electron chi connectivity index (χ0n) is 12.3. The van der Waals surface area contributed by atoms with Crippen molar-refractivity contribution in [3.05, 3.63) is 36.7 Å². The maximum Gasteiger partial charge on any atom is 0.299 e. The van der Waals surface area contributed by atoms with E-state index in [2.05, 4.69) is 25.2 Å². The van der Waals surface area contributed by atoms with E-state index in [1.54, 1.807) is 18.6 Å². The van der Waals surface area contributed by atoms with Gasteiger partial charge in [-0.05, 0) is 25.0 Å². The van der Waals surface area contributed by atoms with Gasteiger partial charge in [0.25, 0.3) is 6.43 Å². The Hall–Kier alpha value is -2.58. The second-order valence-corrected chi connectivity index (χ2v) is 5.57. The standard InChI is InChI=1S/C14H15F2N7/c15-13(16)14-19-18-11-3-4-12(20-23(11)14)22-6-1-2-10(22)8-21-7-5-17-9-21/h3-5,7,9-10,13H,1-2,6,8H2. The van der Waals surface area contributed by atoms with Crippen LogP contribution in [0.1, 0.15) is 25.1 Å². The van der Waals surface area contributed by atoms with Crippen LogP contribution in [0, 0.1) is 0 Å². The lowest BCUT2D eigenvalue weighted by atomic mass is 10.2. The summed E-state index contributed by atoms with van der Waals surface area (Å²) < 4.78 is 29.1. The summed E-state index contributed by atoms with van der Waals surface area (Å²) in [5.41, 5.74) is 0.328. The Morgan fingerprint density at radius 1 is 1.26 bits per heavy atom. The molecular weight excluding hydrogens is 304 g/mol. The summed E-state index contributed by atoms with van der Waals surface area (Å²) in [6, 6.07) is 3.75. The Balaban J connectivity index is 1.65. The van der Waals surface area contributed by atoms with Crippen LogP contribution < -0.4 is 4.90 Å². The molecule has 0 radical (unpaired) electrons. The Kier molecular flexibility index (Phi) is 3.40. The van der Waals surface area contributed by atoms with Crippen LogP contribution in [0.4, 0.5) is 14.6 Å². The number of fused-ring (bicyclic) bond motifs is 1. The highest BCUT2D eigenvalue weighted by Gasteiger charge is 2.27. The van der Waals surface area contributed by atoms with Crippen LogP contribution in [-0.4, -0.2) is 41.9 Å². The molecule has 120 valence electrons. The Morgan fingerprint density at radius 3 is 2.96 bits per heavy atom. The summed E-state index contributed by atoms with van der Waals surface area (Å²) in [7, 11) is 0. The first-order valence-electron chi connectivity index (χ1n) is 7.45. The van der Waals surface area contributed by atoms with Gasteiger partial charge in [0.05, 0.1) is 6.33 Å². The van der Waals surface area contributed by atoms with Crippen molar-refractivity contribution >= 4 is 11.5 Å². The van der Waals surface area contributed by atoms with Crippen LogP contribution >= 0.6 is 0 Å². The average molecular weight is 319 g/mol. The molecule has 1 saturated heterocycles. The van der Waals surface area contributed by atoms with E-state index >= 15 is 0 Å². The molecule has 1 fully saturated rings. The summed E-state index contributed by atoms with van der Waals surface area (Å²) in [6.07, 6.45) is 4.82. The number of aromatic nitrogens is 6. The molecule has 4 rings (SSSR count). The van der Waals surface area contributed by atoms with Crippen molar-refractivity contribution in [1.82, 2.24) is 29.4 Å². The largest absolute Gasteiger partial charge is 0.350 e. The molecule has 1 aliphatic heterocycles. The second kappa shape index (κ2) is 5.56. The molecule has 7 nitrogen and oxygen atoms in total. The molecule has 0 bridgehead atoms. The molecule has 0 aliphatic carbocycles. The quantitative estimate of drug-likeness (QED) is 0.735. The third-order valence-corrected chi connectivity index (χ3v) is 4.12. The molecule has 3 aromatic rings. The minimum Gasteiger partial charge on any atom is -0.350 e. The van der Waals surface area contributed by atoms with E-state index in [-0.39, 0.29) is 6.04 Å². The van der Waals surface area contributed by atoms with Gasteiger partial charge in [-0.25, -0.2) is 13.8 Å². The third-order valence-electron chi connectivity index (χ3n) is 4.12. The second-order valence-electron chi connectivity index (χ2n) is 5.57. The van der Waals surface area contributed by atoms with E-state index < -0.39 is 12.2 Å². The van der Waals surface area contributed by atoms with E-state index in [0.29, 0.717) is 11.5 Å². The fraction of sp³-hybridized carbons (Fsp3) is 0.429. The van der Waals surface area contributed by atoms with Crippen LogP contribution in [-0.2, 0) is 6.54 Å². The molecule has 1 atom stereocenters. The minimum atomic E-state index is -2.70. The van der Waals surface area contributed by atoms with Crippen molar-refractivity contribution in [2.75, 3.05) is 11.4 Å². The highest BCUT2D eigenvalue weighted by Crippen LogP contribution is 2.26. The van der Waals surface area contributed by atoms with Gasteiger partial charge < -0.3 is 9.47 Å². The molecule has 4 heterocycles. The predicted molar refractivity (Wildman–Crippen MR) is 78.3 cm³/mol. The van der Waals surface area contributed by atoms with Gasteiger partial charge in [0, 0.05) is 31.5 Å². The maximum absolute atomic E-state index is 13.0. The highest BCUT2D eigenvalue weighted by molar-refractivity contribution is 5.47. The number of anilines is 1. The topological polar surface area (TPSA) is 64.1 Å². The molecule has 23 heavy (non-hydrogen) atoms. The zero-order valence-corrected chi connectivity index (χ0v) is 12.3. The number of alkyl halides is 2. The van der Waals surface area contributed by atoms with Crippen LogP contribution in [0.15, 0.2) is 30.9 Å². The number of imidazole rings is 1. The van der Waals surface area contributed by atoms with E-state index in [4.69, 9.17) is 0 Å². The van der Waals surface area contributed by atoms with Crippen molar-refractivity contribution in [3.8, 4) is 0 Å². The van der Waals surface area contributed by atoms with Crippen molar-refractivity contribution in [2.45, 2.75) is 31.9 Å². The molecule has 0 amide bonds. The van der Waals surface area contributed by atoms with Gasteiger partial charge >= 0.3 is 0 Å². The Labute approximate surface area is 130 Å². The molecule has 0 aromatic carbocycles. The SMILES string of the molecule is FC(F)c1nnc2ccc(N3CCCC3Cn3ccnc3)nn12. The van der Waals surface area contributed by atoms with Gasteiger partial charge in [0.2, 0.25) is 5.82 Å². The van der Waals surface area contributed by atoms with E-state index in [0.717, 1.165) is 30.4 Å². The molecule has 0 N–H and O–H groups in total. The van der Waals surface area contributed by atoms with Crippen molar-refractivity contribution < 1.29 is 8.78 Å². The van der Waals surface area contributed by atoms with Crippen LogP contribution in [0.25, 0.3) is 5.65 Å². The summed E-state index contributed by atoms with van der Waals surface area (Å²) in [5, 5.41) is 11.6. The molecular formula is C14H15F2N7. The number of hydrogen-bond acceptors (Lipinski definition) is 5. The van der Waals surface area contributed by atoms with Gasteiger partial charge in [-0.1, -0.05) is 0 Å². The lowest BCUT2D eigenvalue weighted by Gasteiger charge is -2.25. The van der Waals surface area contributed by atoms with Gasteiger partial charge in [0.15, 0.2) is 5.65 Å². The average Bonchev–Trinajstić information content (AvgIpc) is 3.27. The highest BCUT2D eigenvalue weighted by atomic mass is 19.3. The van der Waals surface area contributed by atoms with Gasteiger partial charge in [-0.15, -0.1) is 15.3 Å². The Morgan fingerprint density at radius 2 is 2.17 bits per heavy atom. The first-order chi connectivity index (χ1) is 11.2. The molecule has 3 aromatic heterocycles. The van der Waals surface area contributed by atoms with E-state index in [1.807, 2.05) is 16.8 Å². The number of nitrogens with zero attached hydrogens (tertiary/aromatic N) is 7. The molecule has 0 spiro atoms. The number of hydrogen-bond donors (Lipinski definition) is 0. The van der Waals surface area contributed by atoms with E-state index in [1.165, 1.54) is 0 Å². The summed E-state index contributed by atoms with van der Waals surface area (Å²) in [4.78, 5) is 6.20. The summed E-state index contributed by atoms with van der Waals surface area (Å²) in [5.74, 6) is 0.244. The van der Waals surface area contributed by atoms with Gasteiger partial charge in [0.1, 0.15) is 5.82 Å². The first-order valence-corrected chi connectivity index (χ1v) is 7.45. The predicted octanol–water partition coefficient (Wildman–Crippen LogP) is 1.93. The fourth-order valence-corrected chi connectivity index (χ4v) is 3.05. The molecule has 0 saturated carbocycles. The molecule has 1 unspecified atom stereocenters. The first kappa shape index (κ1) is 14.0. The third kappa shape index (κ3) is 2.51. The maximum atomic E-state index is 13.0. The van der Waals surface area contributed by atoms with E-state index in [9.17, 15) is 8.78 Å². The van der Waals surface area contributed by atoms with Crippen molar-refractivity contribution in [2.24, 2.45) is 0 Å². The lowest BCUT2D eigenvalue weighted by Crippen LogP contribution is -2.33. The zero-order chi connectivity index (χ0) is 15.8. The summed E-state index contributed by atoms with van der Waals surface area (Å²) >= 11 is 0.